The molecule has 1 aliphatic rings. The van der Waals surface area contributed by atoms with Gasteiger partial charge in [-0.15, -0.1) is 0 Å². The Kier molecular flexibility index (Phi) is 3.15. The minimum atomic E-state index is -0.144. The summed E-state index contributed by atoms with van der Waals surface area (Å²) >= 11 is 0. The van der Waals surface area contributed by atoms with E-state index in [9.17, 15) is 5.11 Å². The Morgan fingerprint density at radius 3 is 2.75 bits per heavy atom. The zero-order valence-corrected chi connectivity index (χ0v) is 8.08. The van der Waals surface area contributed by atoms with Crippen LogP contribution in [0.2, 0.25) is 0 Å². The molecule has 1 fully saturated rings. The Morgan fingerprint density at radius 1 is 1.58 bits per heavy atom. The van der Waals surface area contributed by atoms with Crippen molar-refractivity contribution in [2.24, 2.45) is 5.92 Å². The number of aliphatic hydroxyl groups is 1. The molecule has 2 heteroatoms. The van der Waals surface area contributed by atoms with E-state index in [1.807, 2.05) is 0 Å². The zero-order valence-electron chi connectivity index (χ0n) is 8.08. The van der Waals surface area contributed by atoms with Crippen LogP contribution in [0.4, 0.5) is 0 Å². The lowest BCUT2D eigenvalue weighted by Gasteiger charge is -2.34. The Hall–Kier alpha value is -0.500. The normalized spacial score (nSPS) is 24.7. The average Bonchev–Trinajstić information content (AvgIpc) is 2.03. The molecule has 0 radical (unpaired) electrons. The highest BCUT2D eigenvalue weighted by molar-refractivity contribution is 4.98. The molecule has 0 aliphatic carbocycles. The first-order chi connectivity index (χ1) is 5.61. The van der Waals surface area contributed by atoms with Crippen LogP contribution in [0.5, 0.6) is 0 Å². The van der Waals surface area contributed by atoms with Gasteiger partial charge in [0.05, 0.1) is 6.10 Å². The fourth-order valence-corrected chi connectivity index (χ4v) is 1.58. The predicted molar refractivity (Wildman–Crippen MR) is 50.8 cm³/mol. The Labute approximate surface area is 74.9 Å². The van der Waals surface area contributed by atoms with Crippen molar-refractivity contribution in [3.05, 3.63) is 12.3 Å². The summed E-state index contributed by atoms with van der Waals surface area (Å²) in [6.45, 7) is 10.1. The second-order valence-corrected chi connectivity index (χ2v) is 3.89. The van der Waals surface area contributed by atoms with Gasteiger partial charge in [0.15, 0.2) is 0 Å². The van der Waals surface area contributed by atoms with Crippen molar-refractivity contribution in [1.29, 1.82) is 0 Å². The zero-order chi connectivity index (χ0) is 9.14. The molecule has 1 saturated heterocycles. The third-order valence-electron chi connectivity index (χ3n) is 2.47. The summed E-state index contributed by atoms with van der Waals surface area (Å²) in [7, 11) is 0. The van der Waals surface area contributed by atoms with Crippen LogP contribution < -0.4 is 0 Å². The lowest BCUT2D eigenvalue weighted by molar-refractivity contribution is 0.0837. The molecule has 12 heavy (non-hydrogen) atoms. The van der Waals surface area contributed by atoms with Gasteiger partial charge in [0.2, 0.25) is 0 Å². The highest BCUT2D eigenvalue weighted by Gasteiger charge is 2.19. The monoisotopic (exact) mass is 169 g/mol. The standard InChI is InChI=1S/C10H19NO/c1-8(2)9(3)11-6-4-5-10(12)7-11/h8,10,12H,3-7H2,1-2H3. The summed E-state index contributed by atoms with van der Waals surface area (Å²) in [5.74, 6) is 0.496. The Balaban J connectivity index is 2.46. The summed E-state index contributed by atoms with van der Waals surface area (Å²) in [6.07, 6.45) is 1.89. The van der Waals surface area contributed by atoms with Gasteiger partial charge in [-0.05, 0) is 18.8 Å². The summed E-state index contributed by atoms with van der Waals surface area (Å²) < 4.78 is 0. The third kappa shape index (κ3) is 2.24. The number of aliphatic hydroxyl groups excluding tert-OH is 1. The van der Waals surface area contributed by atoms with Crippen molar-refractivity contribution in [3.8, 4) is 0 Å². The van der Waals surface area contributed by atoms with Crippen molar-refractivity contribution in [3.63, 3.8) is 0 Å². The maximum absolute atomic E-state index is 9.43. The molecule has 0 aromatic carbocycles. The second kappa shape index (κ2) is 3.94. The summed E-state index contributed by atoms with van der Waals surface area (Å²) in [4.78, 5) is 2.21. The number of β-amino-alcohol motifs (C(OH)–C–C–N with tert-alkyl or cyclic N) is 1. The van der Waals surface area contributed by atoms with Crippen LogP contribution in [0.1, 0.15) is 26.7 Å². The molecule has 2 nitrogen and oxygen atoms in total. The van der Waals surface area contributed by atoms with E-state index in [1.165, 1.54) is 0 Å². The third-order valence-corrected chi connectivity index (χ3v) is 2.47. The van der Waals surface area contributed by atoms with E-state index in [0.717, 1.165) is 31.6 Å². The van der Waals surface area contributed by atoms with Gasteiger partial charge in [0.1, 0.15) is 0 Å². The first kappa shape index (κ1) is 9.59. The summed E-state index contributed by atoms with van der Waals surface area (Å²) in [5.41, 5.74) is 1.16. The number of likely N-dealkylation sites (tertiary alicyclic amines) is 1. The minimum Gasteiger partial charge on any atom is -0.391 e. The van der Waals surface area contributed by atoms with Crippen LogP contribution in [0.25, 0.3) is 0 Å². The van der Waals surface area contributed by atoms with E-state index in [2.05, 4.69) is 25.3 Å². The highest BCUT2D eigenvalue weighted by Crippen LogP contribution is 2.18. The molecule has 0 aromatic rings. The molecule has 1 unspecified atom stereocenters. The van der Waals surface area contributed by atoms with Gasteiger partial charge in [-0.25, -0.2) is 0 Å². The van der Waals surface area contributed by atoms with Crippen LogP contribution in [0.3, 0.4) is 0 Å². The molecule has 0 amide bonds. The van der Waals surface area contributed by atoms with Gasteiger partial charge in [-0.3, -0.25) is 0 Å². The SMILES string of the molecule is C=C(C(C)C)N1CCCC(O)C1. The van der Waals surface area contributed by atoms with Gasteiger partial charge in [-0.2, -0.15) is 0 Å². The average molecular weight is 169 g/mol. The van der Waals surface area contributed by atoms with Gasteiger partial charge < -0.3 is 10.0 Å². The van der Waals surface area contributed by atoms with E-state index in [-0.39, 0.29) is 6.10 Å². The molecule has 1 rings (SSSR count). The number of allylic oxidation sites excluding steroid dienone is 1. The van der Waals surface area contributed by atoms with E-state index >= 15 is 0 Å². The molecule has 1 atom stereocenters. The molecule has 0 aromatic heterocycles. The summed E-state index contributed by atoms with van der Waals surface area (Å²) in [5, 5.41) is 9.43. The maximum atomic E-state index is 9.43. The van der Waals surface area contributed by atoms with Crippen LogP contribution in [-0.4, -0.2) is 29.2 Å². The van der Waals surface area contributed by atoms with Crippen molar-refractivity contribution >= 4 is 0 Å². The van der Waals surface area contributed by atoms with Crippen LogP contribution in [0, 0.1) is 5.92 Å². The maximum Gasteiger partial charge on any atom is 0.0715 e. The molecule has 70 valence electrons. The fraction of sp³-hybridized carbons (Fsp3) is 0.800. The fourth-order valence-electron chi connectivity index (χ4n) is 1.58. The Morgan fingerprint density at radius 2 is 2.25 bits per heavy atom. The van der Waals surface area contributed by atoms with Crippen LogP contribution >= 0.6 is 0 Å². The van der Waals surface area contributed by atoms with Crippen molar-refractivity contribution in [2.75, 3.05) is 13.1 Å². The largest absolute Gasteiger partial charge is 0.391 e. The van der Waals surface area contributed by atoms with E-state index in [4.69, 9.17) is 0 Å². The van der Waals surface area contributed by atoms with E-state index in [1.54, 1.807) is 0 Å². The number of nitrogens with zero attached hydrogens (tertiary/aromatic N) is 1. The van der Waals surface area contributed by atoms with Crippen molar-refractivity contribution in [2.45, 2.75) is 32.8 Å². The highest BCUT2D eigenvalue weighted by atomic mass is 16.3. The van der Waals surface area contributed by atoms with Crippen molar-refractivity contribution in [1.82, 2.24) is 4.90 Å². The number of piperidine rings is 1. The van der Waals surface area contributed by atoms with Gasteiger partial charge >= 0.3 is 0 Å². The quantitative estimate of drug-likeness (QED) is 0.679. The smallest absolute Gasteiger partial charge is 0.0715 e. The molecular weight excluding hydrogens is 150 g/mol. The number of rotatable bonds is 2. The molecule has 0 bridgehead atoms. The molecule has 1 N–H and O–H groups in total. The minimum absolute atomic E-state index is 0.144. The lowest BCUT2D eigenvalue weighted by Crippen LogP contribution is -2.38. The second-order valence-electron chi connectivity index (χ2n) is 3.89. The molecule has 0 spiro atoms. The molecule has 1 aliphatic heterocycles. The lowest BCUT2D eigenvalue weighted by atomic mass is 10.0. The number of hydrogen-bond acceptors (Lipinski definition) is 2. The first-order valence-corrected chi connectivity index (χ1v) is 4.73. The van der Waals surface area contributed by atoms with E-state index < -0.39 is 0 Å². The predicted octanol–water partition coefficient (Wildman–Crippen LogP) is 1.61. The number of hydrogen-bond donors (Lipinski definition) is 1. The molecule has 1 heterocycles. The van der Waals surface area contributed by atoms with Crippen LogP contribution in [0.15, 0.2) is 12.3 Å². The van der Waals surface area contributed by atoms with Crippen LogP contribution in [-0.2, 0) is 0 Å². The first-order valence-electron chi connectivity index (χ1n) is 4.73. The molecular formula is C10H19NO. The van der Waals surface area contributed by atoms with Gasteiger partial charge in [0.25, 0.3) is 0 Å². The van der Waals surface area contributed by atoms with E-state index in [0.29, 0.717) is 5.92 Å². The van der Waals surface area contributed by atoms with Crippen molar-refractivity contribution < 1.29 is 5.11 Å². The Bertz CT molecular complexity index is 165. The van der Waals surface area contributed by atoms with Gasteiger partial charge in [-0.1, -0.05) is 20.4 Å². The summed E-state index contributed by atoms with van der Waals surface area (Å²) in [6, 6.07) is 0. The molecule has 0 saturated carbocycles. The topological polar surface area (TPSA) is 23.5 Å². The van der Waals surface area contributed by atoms with Gasteiger partial charge in [0, 0.05) is 18.8 Å².